The van der Waals surface area contributed by atoms with Crippen LogP contribution in [0.25, 0.3) is 0 Å². The maximum absolute atomic E-state index is 12.0. The van der Waals surface area contributed by atoms with Crippen molar-refractivity contribution in [2.45, 2.75) is 19.1 Å². The van der Waals surface area contributed by atoms with E-state index in [0.717, 1.165) is 18.6 Å². The molecule has 1 unspecified atom stereocenters. The number of nitrogens with one attached hydrogen (secondary N) is 1. The molecule has 1 saturated heterocycles. The molecule has 6 heteroatoms. The topological polar surface area (TPSA) is 73.3 Å². The Kier molecular flexibility index (Phi) is 4.60. The van der Waals surface area contributed by atoms with Gasteiger partial charge in [-0.2, -0.15) is 0 Å². The molecule has 114 valence electrons. The van der Waals surface area contributed by atoms with Crippen LogP contribution in [0.5, 0.6) is 5.88 Å². The van der Waals surface area contributed by atoms with Crippen molar-refractivity contribution in [2.24, 2.45) is 0 Å². The Morgan fingerprint density at radius 3 is 2.86 bits per heavy atom. The number of hydrogen-bond donors (Lipinski definition) is 1. The van der Waals surface area contributed by atoms with Crippen LogP contribution in [0.1, 0.15) is 22.3 Å². The Balaban J connectivity index is 1.54. The maximum Gasteiger partial charge on any atom is 0.253 e. The highest BCUT2D eigenvalue weighted by molar-refractivity contribution is 5.93. The van der Waals surface area contributed by atoms with Crippen LogP contribution >= 0.6 is 0 Å². The van der Waals surface area contributed by atoms with Crippen molar-refractivity contribution in [3.8, 4) is 5.88 Å². The molecule has 1 amide bonds. The summed E-state index contributed by atoms with van der Waals surface area (Å²) in [6.45, 7) is 1.77. The molecule has 6 nitrogen and oxygen atoms in total. The SMILES string of the molecule is O=C(NCc1ccncc1)c1ccc(OC2CCOC2)nc1. The van der Waals surface area contributed by atoms with Crippen molar-refractivity contribution < 1.29 is 14.3 Å². The van der Waals surface area contributed by atoms with Crippen LogP contribution in [0, 0.1) is 0 Å². The van der Waals surface area contributed by atoms with E-state index in [2.05, 4.69) is 15.3 Å². The summed E-state index contributed by atoms with van der Waals surface area (Å²) in [5, 5.41) is 2.84. The second-order valence-corrected chi connectivity index (χ2v) is 5.03. The number of hydrogen-bond acceptors (Lipinski definition) is 5. The third-order valence-electron chi connectivity index (χ3n) is 3.38. The van der Waals surface area contributed by atoms with Crippen LogP contribution in [0.2, 0.25) is 0 Å². The van der Waals surface area contributed by atoms with E-state index in [0.29, 0.717) is 24.6 Å². The van der Waals surface area contributed by atoms with Crippen molar-refractivity contribution >= 4 is 5.91 Å². The average Bonchev–Trinajstić information content (AvgIpc) is 3.07. The minimum atomic E-state index is -0.167. The lowest BCUT2D eigenvalue weighted by atomic mass is 10.2. The van der Waals surface area contributed by atoms with Crippen molar-refractivity contribution in [3.05, 3.63) is 54.0 Å². The van der Waals surface area contributed by atoms with Gasteiger partial charge in [0.1, 0.15) is 6.10 Å². The van der Waals surface area contributed by atoms with Crippen molar-refractivity contribution in [1.82, 2.24) is 15.3 Å². The fourth-order valence-corrected chi connectivity index (χ4v) is 2.15. The highest BCUT2D eigenvalue weighted by atomic mass is 16.5. The van der Waals surface area contributed by atoms with E-state index in [-0.39, 0.29) is 12.0 Å². The molecule has 3 rings (SSSR count). The Morgan fingerprint density at radius 2 is 2.18 bits per heavy atom. The molecule has 0 aromatic carbocycles. The fourth-order valence-electron chi connectivity index (χ4n) is 2.15. The molecule has 1 fully saturated rings. The summed E-state index contributed by atoms with van der Waals surface area (Å²) >= 11 is 0. The van der Waals surface area contributed by atoms with E-state index in [1.165, 1.54) is 6.20 Å². The highest BCUT2D eigenvalue weighted by Crippen LogP contribution is 2.14. The van der Waals surface area contributed by atoms with Gasteiger partial charge in [0.2, 0.25) is 5.88 Å². The Bertz CT molecular complexity index is 610. The van der Waals surface area contributed by atoms with E-state index in [1.54, 1.807) is 24.5 Å². The first kappa shape index (κ1) is 14.5. The van der Waals surface area contributed by atoms with Crippen LogP contribution in [0.15, 0.2) is 42.9 Å². The number of rotatable bonds is 5. The number of pyridine rings is 2. The number of nitrogens with zero attached hydrogens (tertiary/aromatic N) is 2. The zero-order valence-corrected chi connectivity index (χ0v) is 12.1. The van der Waals surface area contributed by atoms with E-state index in [1.807, 2.05) is 12.1 Å². The van der Waals surface area contributed by atoms with Crippen molar-refractivity contribution in [1.29, 1.82) is 0 Å². The third-order valence-corrected chi connectivity index (χ3v) is 3.38. The van der Waals surface area contributed by atoms with E-state index in [4.69, 9.17) is 9.47 Å². The molecule has 0 aliphatic carbocycles. The molecule has 1 atom stereocenters. The maximum atomic E-state index is 12.0. The predicted molar refractivity (Wildman–Crippen MR) is 79.5 cm³/mol. The van der Waals surface area contributed by atoms with Crippen LogP contribution < -0.4 is 10.1 Å². The summed E-state index contributed by atoms with van der Waals surface area (Å²) in [5.41, 5.74) is 1.50. The summed E-state index contributed by atoms with van der Waals surface area (Å²) in [6, 6.07) is 7.14. The van der Waals surface area contributed by atoms with Crippen LogP contribution in [0.4, 0.5) is 0 Å². The number of carbonyl (C=O) groups excluding carboxylic acids is 1. The second kappa shape index (κ2) is 7.00. The van der Waals surface area contributed by atoms with Gasteiger partial charge in [-0.1, -0.05) is 0 Å². The molecule has 0 bridgehead atoms. The lowest BCUT2D eigenvalue weighted by Crippen LogP contribution is -2.23. The van der Waals surface area contributed by atoms with E-state index < -0.39 is 0 Å². The first-order valence-corrected chi connectivity index (χ1v) is 7.19. The van der Waals surface area contributed by atoms with Crippen LogP contribution in [-0.2, 0) is 11.3 Å². The van der Waals surface area contributed by atoms with Gasteiger partial charge in [0.25, 0.3) is 5.91 Å². The lowest BCUT2D eigenvalue weighted by molar-refractivity contribution is 0.0950. The summed E-state index contributed by atoms with van der Waals surface area (Å²) in [5.74, 6) is 0.348. The van der Waals surface area contributed by atoms with Gasteiger partial charge in [-0.3, -0.25) is 9.78 Å². The molecule has 2 aromatic heterocycles. The molecular formula is C16H17N3O3. The van der Waals surface area contributed by atoms with Gasteiger partial charge in [0.05, 0.1) is 18.8 Å². The Hall–Kier alpha value is -2.47. The molecular weight excluding hydrogens is 282 g/mol. The van der Waals surface area contributed by atoms with Gasteiger partial charge in [-0.25, -0.2) is 4.98 Å². The highest BCUT2D eigenvalue weighted by Gasteiger charge is 2.17. The smallest absolute Gasteiger partial charge is 0.253 e. The zero-order chi connectivity index (χ0) is 15.2. The van der Waals surface area contributed by atoms with Gasteiger partial charge < -0.3 is 14.8 Å². The Morgan fingerprint density at radius 1 is 1.32 bits per heavy atom. The van der Waals surface area contributed by atoms with E-state index >= 15 is 0 Å². The molecule has 0 saturated carbocycles. The van der Waals surface area contributed by atoms with E-state index in [9.17, 15) is 4.79 Å². The van der Waals surface area contributed by atoms with Gasteiger partial charge in [0.15, 0.2) is 0 Å². The minimum Gasteiger partial charge on any atom is -0.472 e. The summed E-state index contributed by atoms with van der Waals surface area (Å²) in [4.78, 5) is 20.2. The minimum absolute atomic E-state index is 0.0545. The summed E-state index contributed by atoms with van der Waals surface area (Å²) < 4.78 is 10.9. The molecule has 22 heavy (non-hydrogen) atoms. The number of ether oxygens (including phenoxy) is 2. The van der Waals surface area contributed by atoms with Gasteiger partial charge >= 0.3 is 0 Å². The number of amides is 1. The molecule has 0 radical (unpaired) electrons. The van der Waals surface area contributed by atoms with Gasteiger partial charge in [-0.05, 0) is 23.8 Å². The first-order valence-electron chi connectivity index (χ1n) is 7.19. The molecule has 1 aliphatic heterocycles. The Labute approximate surface area is 128 Å². The van der Waals surface area contributed by atoms with Gasteiger partial charge in [-0.15, -0.1) is 0 Å². The van der Waals surface area contributed by atoms with Crippen molar-refractivity contribution in [2.75, 3.05) is 13.2 Å². The third kappa shape index (κ3) is 3.79. The quantitative estimate of drug-likeness (QED) is 0.907. The molecule has 3 heterocycles. The first-order chi connectivity index (χ1) is 10.8. The summed E-state index contributed by atoms with van der Waals surface area (Å²) in [7, 11) is 0. The molecule has 1 N–H and O–H groups in total. The predicted octanol–water partition coefficient (Wildman–Crippen LogP) is 1.57. The number of carbonyl (C=O) groups is 1. The molecule has 0 spiro atoms. The second-order valence-electron chi connectivity index (χ2n) is 5.03. The lowest BCUT2D eigenvalue weighted by Gasteiger charge is -2.11. The largest absolute Gasteiger partial charge is 0.472 e. The zero-order valence-electron chi connectivity index (χ0n) is 12.1. The van der Waals surface area contributed by atoms with Crippen molar-refractivity contribution in [3.63, 3.8) is 0 Å². The normalized spacial score (nSPS) is 17.2. The standard InChI is InChI=1S/C16H17N3O3/c20-16(19-9-12-3-6-17-7-4-12)13-1-2-15(18-10-13)22-14-5-8-21-11-14/h1-4,6-7,10,14H,5,8-9,11H2,(H,19,20). The monoisotopic (exact) mass is 299 g/mol. The van der Waals surface area contributed by atoms with Gasteiger partial charge in [0, 0.05) is 37.6 Å². The molecule has 1 aliphatic rings. The fraction of sp³-hybridized carbons (Fsp3) is 0.312. The average molecular weight is 299 g/mol. The van der Waals surface area contributed by atoms with Crippen LogP contribution in [0.3, 0.4) is 0 Å². The summed E-state index contributed by atoms with van der Waals surface area (Å²) in [6.07, 6.45) is 5.84. The van der Waals surface area contributed by atoms with Crippen LogP contribution in [-0.4, -0.2) is 35.2 Å². The molecule has 2 aromatic rings. The number of aromatic nitrogens is 2.